The van der Waals surface area contributed by atoms with Crippen molar-refractivity contribution in [2.24, 2.45) is 0 Å². The maximum atomic E-state index is 13.4. The average molecular weight is 873 g/mol. The van der Waals surface area contributed by atoms with Crippen LogP contribution in [0.5, 0.6) is 11.5 Å². The lowest BCUT2D eigenvalue weighted by Gasteiger charge is -2.38. The van der Waals surface area contributed by atoms with E-state index in [2.05, 4.69) is 79.9 Å². The average Bonchev–Trinajstić information content (AvgIpc) is 3.84. The number of halogens is 1. The number of anilines is 5. The summed E-state index contributed by atoms with van der Waals surface area (Å²) in [5.41, 5.74) is 9.14. The van der Waals surface area contributed by atoms with Crippen LogP contribution < -0.4 is 30.9 Å². The van der Waals surface area contributed by atoms with Crippen LogP contribution in [0.25, 0.3) is 0 Å². The van der Waals surface area contributed by atoms with Crippen molar-refractivity contribution in [3.05, 3.63) is 117 Å². The molecule has 5 aromatic rings. The molecule has 320 valence electrons. The summed E-state index contributed by atoms with van der Waals surface area (Å²) in [5.74, 6) is 1.22. The zero-order valence-corrected chi connectivity index (χ0v) is 37.0. The van der Waals surface area contributed by atoms with E-state index in [-0.39, 0.29) is 24.8 Å². The minimum absolute atomic E-state index is 0.211. The van der Waals surface area contributed by atoms with Gasteiger partial charge in [0.2, 0.25) is 17.8 Å². The van der Waals surface area contributed by atoms with Gasteiger partial charge in [0.15, 0.2) is 5.82 Å². The number of aromatic nitrogens is 2. The largest absolute Gasteiger partial charge is 0.457 e. The molecule has 0 spiro atoms. The molecule has 0 bridgehead atoms. The van der Waals surface area contributed by atoms with E-state index in [9.17, 15) is 18.9 Å². The lowest BCUT2D eigenvalue weighted by molar-refractivity contribution is -0.136. The van der Waals surface area contributed by atoms with Gasteiger partial charge in [-0.3, -0.25) is 24.6 Å². The Bertz CT molecular complexity index is 2660. The number of amides is 3. The van der Waals surface area contributed by atoms with Crippen molar-refractivity contribution < 1.29 is 23.7 Å². The number of hydrogen-bond donors (Lipinski definition) is 3. The number of piperidine rings is 2. The molecular formula is C47H50ClN8O5P. The van der Waals surface area contributed by atoms with E-state index in [1.807, 2.05) is 36.4 Å². The SMILES string of the molecule is CCc1cc(Nc2ncc(Cl)c(Nc3ccccc3P(C)(C)=O)n2)ccc1N1CCC(N2Cc3cc(Oc4cccc5c4CN(C4CCC(=O)NC4=O)C5=O)cc(C)c3C2)CC1. The third-order valence-electron chi connectivity index (χ3n) is 12.6. The fourth-order valence-electron chi connectivity index (χ4n) is 9.34. The molecule has 13 nitrogen and oxygen atoms in total. The molecule has 4 aliphatic heterocycles. The number of carbonyl (C=O) groups is 3. The van der Waals surface area contributed by atoms with E-state index in [0.29, 0.717) is 46.3 Å². The summed E-state index contributed by atoms with van der Waals surface area (Å²) in [5, 5.41) is 10.1. The Morgan fingerprint density at radius 1 is 0.919 bits per heavy atom. The zero-order valence-electron chi connectivity index (χ0n) is 35.3. The maximum absolute atomic E-state index is 13.4. The van der Waals surface area contributed by atoms with Gasteiger partial charge in [0.1, 0.15) is 29.7 Å². The van der Waals surface area contributed by atoms with Gasteiger partial charge in [-0.2, -0.15) is 4.98 Å². The predicted molar refractivity (Wildman–Crippen MR) is 243 cm³/mol. The number of rotatable bonds is 11. The number of imide groups is 1. The minimum atomic E-state index is -2.54. The van der Waals surface area contributed by atoms with E-state index in [1.165, 1.54) is 27.9 Å². The number of carbonyl (C=O) groups excluding carboxylic acids is 3. The lowest BCUT2D eigenvalue weighted by atomic mass is 10.0. The van der Waals surface area contributed by atoms with Gasteiger partial charge < -0.3 is 29.7 Å². The summed E-state index contributed by atoms with van der Waals surface area (Å²) >= 11 is 6.51. The predicted octanol–water partition coefficient (Wildman–Crippen LogP) is 8.27. The van der Waals surface area contributed by atoms with E-state index >= 15 is 0 Å². The van der Waals surface area contributed by atoms with E-state index < -0.39 is 19.1 Å². The van der Waals surface area contributed by atoms with Gasteiger partial charge in [-0.1, -0.05) is 36.7 Å². The Balaban J connectivity index is 0.826. The second-order valence-electron chi connectivity index (χ2n) is 17.0. The number of nitrogens with one attached hydrogen (secondary N) is 3. The quantitative estimate of drug-likeness (QED) is 0.0870. The fraction of sp³-hybridized carbons (Fsp3) is 0.340. The van der Waals surface area contributed by atoms with Gasteiger partial charge in [-0.05, 0) is 123 Å². The van der Waals surface area contributed by atoms with Gasteiger partial charge in [0, 0.05) is 66.4 Å². The van der Waals surface area contributed by atoms with Gasteiger partial charge in [0.25, 0.3) is 5.91 Å². The normalized spacial score (nSPS) is 18.1. The molecule has 1 aromatic heterocycles. The lowest BCUT2D eigenvalue weighted by Crippen LogP contribution is -2.52. The summed E-state index contributed by atoms with van der Waals surface area (Å²) in [4.78, 5) is 53.5. The first kappa shape index (κ1) is 41.6. The topological polar surface area (TPSA) is 149 Å². The van der Waals surface area contributed by atoms with Crippen molar-refractivity contribution in [3.8, 4) is 11.5 Å². The number of para-hydroxylation sites is 1. The zero-order chi connectivity index (χ0) is 43.3. The Kier molecular flexibility index (Phi) is 11.3. The van der Waals surface area contributed by atoms with Crippen molar-refractivity contribution >= 4 is 70.6 Å². The molecule has 1 atom stereocenters. The molecule has 62 heavy (non-hydrogen) atoms. The molecule has 15 heteroatoms. The summed E-state index contributed by atoms with van der Waals surface area (Å²) in [7, 11) is -2.54. The number of nitrogens with zero attached hydrogens (tertiary/aromatic N) is 5. The number of benzene rings is 4. The first-order valence-electron chi connectivity index (χ1n) is 21.2. The Morgan fingerprint density at radius 2 is 1.73 bits per heavy atom. The molecule has 0 radical (unpaired) electrons. The van der Waals surface area contributed by atoms with Crippen LogP contribution in [0.3, 0.4) is 0 Å². The molecule has 0 saturated carbocycles. The molecule has 1 unspecified atom stereocenters. The van der Waals surface area contributed by atoms with Crippen LogP contribution in [0.15, 0.2) is 79.0 Å². The Hall–Kier alpha value is -5.75. The van der Waals surface area contributed by atoms with Crippen LogP contribution in [0.2, 0.25) is 5.02 Å². The summed E-state index contributed by atoms with van der Waals surface area (Å²) < 4.78 is 19.5. The van der Waals surface area contributed by atoms with Crippen molar-refractivity contribution in [3.63, 3.8) is 0 Å². The van der Waals surface area contributed by atoms with Crippen LogP contribution in [-0.2, 0) is 40.2 Å². The van der Waals surface area contributed by atoms with Crippen molar-refractivity contribution in [2.45, 2.75) is 77.7 Å². The highest BCUT2D eigenvalue weighted by atomic mass is 35.5. The minimum Gasteiger partial charge on any atom is -0.457 e. The van der Waals surface area contributed by atoms with Crippen LogP contribution in [0.1, 0.15) is 70.8 Å². The molecule has 2 fully saturated rings. The Labute approximate surface area is 366 Å². The Morgan fingerprint density at radius 3 is 2.50 bits per heavy atom. The van der Waals surface area contributed by atoms with Crippen LogP contribution in [-0.4, -0.2) is 76.0 Å². The second kappa shape index (κ2) is 16.8. The molecule has 2 saturated heterocycles. The monoisotopic (exact) mass is 872 g/mol. The molecular weight excluding hydrogens is 823 g/mol. The second-order valence-corrected chi connectivity index (χ2v) is 20.6. The summed E-state index contributed by atoms with van der Waals surface area (Å²) in [6.07, 6.45) is 5.06. The standard InChI is InChI=1S/C47H50ClN8O5P/c1-5-29-22-31(50-47-49-24-37(48)44(53-47)51-38-10-6-7-12-42(38)62(3,4)60)13-14-39(29)54-19-17-32(18-20-54)55-25-30-23-33(21-28(2)35(30)26-55)61-41-11-8-9-34-36(41)27-56(46(34)59)40-15-16-43(57)52-45(40)58/h6-14,21-24,32,40H,5,15-20,25-27H2,1-4H3,(H,52,57,58)(H2,49,50,51,53). The van der Waals surface area contributed by atoms with Crippen molar-refractivity contribution in [2.75, 3.05) is 42.0 Å². The van der Waals surface area contributed by atoms with Crippen LogP contribution in [0.4, 0.5) is 28.8 Å². The van der Waals surface area contributed by atoms with E-state index in [4.69, 9.17) is 16.3 Å². The van der Waals surface area contributed by atoms with Gasteiger partial charge in [0.05, 0.1) is 18.4 Å². The molecule has 3 N–H and O–H groups in total. The number of ether oxygens (including phenoxy) is 1. The molecule has 4 aromatic carbocycles. The summed E-state index contributed by atoms with van der Waals surface area (Å²) in [6.45, 7) is 11.7. The van der Waals surface area contributed by atoms with Crippen molar-refractivity contribution in [1.29, 1.82) is 0 Å². The highest BCUT2D eigenvalue weighted by Crippen LogP contribution is 2.41. The van der Waals surface area contributed by atoms with Crippen molar-refractivity contribution in [1.82, 2.24) is 25.1 Å². The number of hydrogen-bond acceptors (Lipinski definition) is 11. The fourth-order valence-corrected chi connectivity index (χ4v) is 10.6. The van der Waals surface area contributed by atoms with Gasteiger partial charge >= 0.3 is 0 Å². The molecule has 9 rings (SSSR count). The first-order valence-corrected chi connectivity index (χ1v) is 24.2. The maximum Gasteiger partial charge on any atom is 0.255 e. The third kappa shape index (κ3) is 8.29. The molecule has 5 heterocycles. The first-order chi connectivity index (χ1) is 29.8. The number of fused-ring (bicyclic) bond motifs is 2. The molecule has 4 aliphatic rings. The van der Waals surface area contributed by atoms with Crippen LogP contribution >= 0.6 is 18.7 Å². The number of aryl methyl sites for hydroxylation is 2. The van der Waals surface area contributed by atoms with Crippen LogP contribution in [0, 0.1) is 6.92 Å². The van der Waals surface area contributed by atoms with Gasteiger partial charge in [-0.25, -0.2) is 4.98 Å². The van der Waals surface area contributed by atoms with Gasteiger partial charge in [-0.15, -0.1) is 0 Å². The smallest absolute Gasteiger partial charge is 0.255 e. The summed E-state index contributed by atoms with van der Waals surface area (Å²) in [6, 6.07) is 23.4. The van der Waals surface area contributed by atoms with E-state index in [1.54, 1.807) is 30.5 Å². The molecule has 0 aliphatic carbocycles. The van der Waals surface area contributed by atoms with E-state index in [0.717, 1.165) is 67.7 Å². The highest BCUT2D eigenvalue weighted by molar-refractivity contribution is 7.70. The molecule has 3 amide bonds. The third-order valence-corrected chi connectivity index (χ3v) is 14.4. The highest BCUT2D eigenvalue weighted by Gasteiger charge is 2.40.